The summed E-state index contributed by atoms with van der Waals surface area (Å²) >= 11 is 0. The second-order valence-corrected chi connectivity index (χ2v) is 9.90. The van der Waals surface area contributed by atoms with E-state index in [4.69, 9.17) is 4.74 Å². The number of nitrogens with one attached hydrogen (secondary N) is 1. The van der Waals surface area contributed by atoms with Gasteiger partial charge in [0.05, 0.1) is 23.0 Å². The molecule has 1 atom stereocenters. The Morgan fingerprint density at radius 2 is 2.03 bits per heavy atom. The highest BCUT2D eigenvalue weighted by molar-refractivity contribution is 7.92. The number of aromatic nitrogens is 2. The van der Waals surface area contributed by atoms with Gasteiger partial charge in [0, 0.05) is 31.4 Å². The fourth-order valence-electron chi connectivity index (χ4n) is 4.29. The van der Waals surface area contributed by atoms with Crippen molar-refractivity contribution in [1.82, 2.24) is 9.55 Å². The molecule has 0 aliphatic carbocycles. The van der Waals surface area contributed by atoms with Gasteiger partial charge in [-0.15, -0.1) is 0 Å². The van der Waals surface area contributed by atoms with Crippen LogP contribution in [0.4, 0.5) is 11.6 Å². The van der Waals surface area contributed by atoms with Crippen molar-refractivity contribution in [3.8, 4) is 0 Å². The smallest absolute Gasteiger partial charge is 0.257 e. The van der Waals surface area contributed by atoms with Crippen molar-refractivity contribution >= 4 is 38.6 Å². The Morgan fingerprint density at radius 3 is 2.78 bits per heavy atom. The van der Waals surface area contributed by atoms with Crippen molar-refractivity contribution in [1.29, 1.82) is 0 Å². The summed E-state index contributed by atoms with van der Waals surface area (Å²) in [6, 6.07) is 12.7. The van der Waals surface area contributed by atoms with Gasteiger partial charge in [0.15, 0.2) is 0 Å². The molecule has 2 heterocycles. The number of rotatable bonds is 8. The highest BCUT2D eigenvalue weighted by atomic mass is 32.2. The predicted octanol–water partition coefficient (Wildman–Crippen LogP) is 3.43. The molecule has 1 aliphatic heterocycles. The zero-order valence-corrected chi connectivity index (χ0v) is 19.4. The zero-order valence-electron chi connectivity index (χ0n) is 18.5. The van der Waals surface area contributed by atoms with E-state index >= 15 is 0 Å². The summed E-state index contributed by atoms with van der Waals surface area (Å²) in [7, 11) is -3.37. The predicted molar refractivity (Wildman–Crippen MR) is 126 cm³/mol. The van der Waals surface area contributed by atoms with Crippen LogP contribution in [-0.2, 0) is 27.7 Å². The summed E-state index contributed by atoms with van der Waals surface area (Å²) in [5, 5.41) is 2.94. The third-order valence-corrected chi connectivity index (χ3v) is 6.88. The van der Waals surface area contributed by atoms with Crippen LogP contribution < -0.4 is 9.62 Å². The monoisotopic (exact) mass is 456 g/mol. The number of para-hydroxylation sites is 2. The number of carbonyl (C=O) groups is 1. The van der Waals surface area contributed by atoms with Crippen molar-refractivity contribution in [3.05, 3.63) is 53.6 Å². The fraction of sp³-hybridized carbons (Fsp3) is 0.391. The van der Waals surface area contributed by atoms with E-state index in [1.165, 1.54) is 10.6 Å². The Balaban J connectivity index is 1.59. The first kappa shape index (κ1) is 22.3. The Hall–Kier alpha value is -2.91. The lowest BCUT2D eigenvalue weighted by molar-refractivity contribution is 0.102. The van der Waals surface area contributed by atoms with Gasteiger partial charge in [0.1, 0.15) is 0 Å². The molecule has 0 saturated carbocycles. The molecule has 0 spiro atoms. The van der Waals surface area contributed by atoms with Gasteiger partial charge in [0.2, 0.25) is 16.0 Å². The minimum atomic E-state index is -3.37. The first-order chi connectivity index (χ1) is 15.3. The maximum Gasteiger partial charge on any atom is 0.257 e. The fourth-order valence-corrected chi connectivity index (χ4v) is 5.55. The minimum absolute atomic E-state index is 0.173. The summed E-state index contributed by atoms with van der Waals surface area (Å²) in [4.78, 5) is 17.7. The van der Waals surface area contributed by atoms with Crippen LogP contribution in [0.25, 0.3) is 11.0 Å². The normalized spacial score (nSPS) is 15.8. The molecule has 32 heavy (non-hydrogen) atoms. The zero-order chi connectivity index (χ0) is 22.9. The van der Waals surface area contributed by atoms with Crippen molar-refractivity contribution in [2.24, 2.45) is 0 Å². The molecule has 1 amide bonds. The number of hydrogen-bond acceptors (Lipinski definition) is 5. The molecule has 8 nitrogen and oxygen atoms in total. The van der Waals surface area contributed by atoms with Crippen molar-refractivity contribution in [2.75, 3.05) is 29.1 Å². The molecule has 0 saturated heterocycles. The number of ether oxygens (including phenoxy) is 1. The van der Waals surface area contributed by atoms with Crippen LogP contribution >= 0.6 is 0 Å². The lowest BCUT2D eigenvalue weighted by atomic mass is 10.1. The molecule has 1 N–H and O–H groups in total. The molecule has 1 aliphatic rings. The summed E-state index contributed by atoms with van der Waals surface area (Å²) < 4.78 is 33.1. The minimum Gasteiger partial charge on any atom is -0.382 e. The Kier molecular flexibility index (Phi) is 6.21. The molecular formula is C23H28N4O4S. The van der Waals surface area contributed by atoms with E-state index in [0.29, 0.717) is 43.4 Å². The molecule has 4 rings (SSSR count). The molecular weight excluding hydrogens is 428 g/mol. The Labute approximate surface area is 188 Å². The highest BCUT2D eigenvalue weighted by Crippen LogP contribution is 2.35. The van der Waals surface area contributed by atoms with E-state index in [1.807, 2.05) is 42.7 Å². The van der Waals surface area contributed by atoms with Crippen molar-refractivity contribution in [3.63, 3.8) is 0 Å². The molecule has 0 fully saturated rings. The number of carbonyl (C=O) groups excluding carboxylic acids is 1. The van der Waals surface area contributed by atoms with E-state index in [0.717, 1.165) is 23.0 Å². The van der Waals surface area contributed by atoms with Gasteiger partial charge in [-0.05, 0) is 62.6 Å². The maximum atomic E-state index is 13.1. The van der Waals surface area contributed by atoms with Crippen LogP contribution in [0.15, 0.2) is 42.5 Å². The Bertz CT molecular complexity index is 1250. The van der Waals surface area contributed by atoms with E-state index in [9.17, 15) is 13.2 Å². The van der Waals surface area contributed by atoms with Gasteiger partial charge < -0.3 is 9.30 Å². The van der Waals surface area contributed by atoms with Gasteiger partial charge in [0.25, 0.3) is 5.91 Å². The Morgan fingerprint density at radius 1 is 1.25 bits per heavy atom. The SMILES string of the molecule is CCOCCCn1c(NC(=O)c2ccc3c(c2)CC(C)N3S(C)(=O)=O)nc2ccccc21. The summed E-state index contributed by atoms with van der Waals surface area (Å²) in [6.45, 7) is 5.80. The molecule has 1 aromatic heterocycles. The highest BCUT2D eigenvalue weighted by Gasteiger charge is 2.32. The summed E-state index contributed by atoms with van der Waals surface area (Å²) in [6.07, 6.45) is 2.57. The maximum absolute atomic E-state index is 13.1. The standard InChI is InChI=1S/C23H28N4O4S/c1-4-31-13-7-12-26-21-9-6-5-8-19(21)24-23(26)25-22(28)17-10-11-20-18(15-17)14-16(2)27(20)32(3,29)30/h5-6,8-11,15-16H,4,7,12-14H2,1-3H3,(H,24,25,28). The number of anilines is 2. The van der Waals surface area contributed by atoms with Gasteiger partial charge in [-0.1, -0.05) is 12.1 Å². The van der Waals surface area contributed by atoms with Crippen LogP contribution in [0.3, 0.4) is 0 Å². The third-order valence-electron chi connectivity index (χ3n) is 5.61. The molecule has 3 aromatic rings. The number of imidazole rings is 1. The number of fused-ring (bicyclic) bond motifs is 2. The second kappa shape index (κ2) is 8.91. The first-order valence-corrected chi connectivity index (χ1v) is 12.6. The van der Waals surface area contributed by atoms with E-state index in [-0.39, 0.29) is 11.9 Å². The quantitative estimate of drug-likeness (QED) is 0.524. The van der Waals surface area contributed by atoms with Crippen LogP contribution in [0.2, 0.25) is 0 Å². The lowest BCUT2D eigenvalue weighted by Gasteiger charge is -2.21. The average Bonchev–Trinajstić information content (AvgIpc) is 3.26. The van der Waals surface area contributed by atoms with E-state index in [2.05, 4.69) is 10.3 Å². The number of aryl methyl sites for hydroxylation is 1. The number of amides is 1. The van der Waals surface area contributed by atoms with Crippen LogP contribution in [-0.4, -0.2) is 49.4 Å². The van der Waals surface area contributed by atoms with Crippen LogP contribution in [0.5, 0.6) is 0 Å². The topological polar surface area (TPSA) is 93.5 Å². The largest absolute Gasteiger partial charge is 0.382 e. The molecule has 170 valence electrons. The van der Waals surface area contributed by atoms with Crippen molar-refractivity contribution < 1.29 is 17.9 Å². The average molecular weight is 457 g/mol. The second-order valence-electron chi connectivity index (χ2n) is 8.04. The molecule has 2 aromatic carbocycles. The van der Waals surface area contributed by atoms with E-state index < -0.39 is 10.0 Å². The van der Waals surface area contributed by atoms with Gasteiger partial charge in [-0.25, -0.2) is 13.4 Å². The van der Waals surface area contributed by atoms with E-state index in [1.54, 1.807) is 18.2 Å². The number of benzene rings is 2. The summed E-state index contributed by atoms with van der Waals surface area (Å²) in [5.74, 6) is 0.207. The van der Waals surface area contributed by atoms with Gasteiger partial charge >= 0.3 is 0 Å². The molecule has 0 bridgehead atoms. The third kappa shape index (κ3) is 4.35. The lowest BCUT2D eigenvalue weighted by Crippen LogP contribution is -2.34. The molecule has 0 radical (unpaired) electrons. The number of hydrogen-bond donors (Lipinski definition) is 1. The number of sulfonamides is 1. The van der Waals surface area contributed by atoms with Gasteiger partial charge in [-0.2, -0.15) is 0 Å². The molecule has 1 unspecified atom stereocenters. The van der Waals surface area contributed by atoms with Gasteiger partial charge in [-0.3, -0.25) is 14.4 Å². The van der Waals surface area contributed by atoms with Crippen LogP contribution in [0, 0.1) is 0 Å². The van der Waals surface area contributed by atoms with Crippen molar-refractivity contribution in [2.45, 2.75) is 39.3 Å². The van der Waals surface area contributed by atoms with Crippen LogP contribution in [0.1, 0.15) is 36.2 Å². The first-order valence-electron chi connectivity index (χ1n) is 10.8. The number of nitrogens with zero attached hydrogens (tertiary/aromatic N) is 3. The summed E-state index contributed by atoms with van der Waals surface area (Å²) in [5.41, 5.74) is 3.72. The molecule has 9 heteroatoms.